The SMILES string of the molecule is Cc1ccc(C2(C(C)N)CC2)c(O)c1Cl. The van der Waals surface area contributed by atoms with Crippen LogP contribution in [-0.2, 0) is 5.41 Å². The summed E-state index contributed by atoms with van der Waals surface area (Å²) in [6.07, 6.45) is 2.08. The van der Waals surface area contributed by atoms with Crippen molar-refractivity contribution in [2.24, 2.45) is 5.73 Å². The number of hydrogen-bond donors (Lipinski definition) is 2. The van der Waals surface area contributed by atoms with E-state index in [1.165, 1.54) is 0 Å². The molecule has 0 heterocycles. The highest BCUT2D eigenvalue weighted by Gasteiger charge is 2.49. The van der Waals surface area contributed by atoms with E-state index in [4.69, 9.17) is 17.3 Å². The molecule has 0 spiro atoms. The van der Waals surface area contributed by atoms with Gasteiger partial charge in [-0.05, 0) is 32.3 Å². The summed E-state index contributed by atoms with van der Waals surface area (Å²) in [5.41, 5.74) is 7.74. The van der Waals surface area contributed by atoms with Crippen molar-refractivity contribution in [3.8, 4) is 5.75 Å². The number of aryl methyl sites for hydroxylation is 1. The van der Waals surface area contributed by atoms with Gasteiger partial charge in [0.1, 0.15) is 5.75 Å². The van der Waals surface area contributed by atoms with E-state index in [2.05, 4.69) is 0 Å². The molecule has 0 saturated heterocycles. The average molecular weight is 226 g/mol. The first-order valence-corrected chi connectivity index (χ1v) is 5.61. The third kappa shape index (κ3) is 1.52. The molecule has 1 unspecified atom stereocenters. The monoisotopic (exact) mass is 225 g/mol. The third-order valence-electron chi connectivity index (χ3n) is 3.51. The second kappa shape index (κ2) is 3.39. The second-order valence-corrected chi connectivity index (χ2v) is 4.92. The van der Waals surface area contributed by atoms with Crippen LogP contribution in [0, 0.1) is 6.92 Å². The van der Waals surface area contributed by atoms with E-state index >= 15 is 0 Å². The van der Waals surface area contributed by atoms with Gasteiger partial charge in [-0.25, -0.2) is 0 Å². The van der Waals surface area contributed by atoms with Crippen LogP contribution in [0.3, 0.4) is 0 Å². The molecule has 1 aromatic rings. The van der Waals surface area contributed by atoms with Crippen LogP contribution in [0.2, 0.25) is 5.02 Å². The molecule has 1 aliphatic rings. The summed E-state index contributed by atoms with van der Waals surface area (Å²) in [5, 5.41) is 10.5. The lowest BCUT2D eigenvalue weighted by molar-refractivity contribution is 0.446. The summed E-state index contributed by atoms with van der Waals surface area (Å²) < 4.78 is 0. The van der Waals surface area contributed by atoms with Gasteiger partial charge in [-0.2, -0.15) is 0 Å². The standard InChI is InChI=1S/C12H16ClNO/c1-7-3-4-9(11(15)10(7)13)12(5-6-12)8(2)14/h3-4,8,15H,5-6,14H2,1-2H3. The lowest BCUT2D eigenvalue weighted by Gasteiger charge is -2.22. The van der Waals surface area contributed by atoms with Crippen molar-refractivity contribution in [3.05, 3.63) is 28.3 Å². The van der Waals surface area contributed by atoms with E-state index in [9.17, 15) is 5.11 Å². The first-order chi connectivity index (χ1) is 6.99. The van der Waals surface area contributed by atoms with Crippen LogP contribution in [-0.4, -0.2) is 11.1 Å². The van der Waals surface area contributed by atoms with Crippen molar-refractivity contribution in [2.75, 3.05) is 0 Å². The van der Waals surface area contributed by atoms with Gasteiger partial charge in [0, 0.05) is 17.0 Å². The lowest BCUT2D eigenvalue weighted by atomic mass is 9.88. The number of halogens is 1. The van der Waals surface area contributed by atoms with Crippen molar-refractivity contribution < 1.29 is 5.11 Å². The molecule has 0 bridgehead atoms. The van der Waals surface area contributed by atoms with Gasteiger partial charge in [-0.1, -0.05) is 23.7 Å². The van der Waals surface area contributed by atoms with Gasteiger partial charge < -0.3 is 10.8 Å². The van der Waals surface area contributed by atoms with E-state index in [1.807, 2.05) is 26.0 Å². The number of benzene rings is 1. The second-order valence-electron chi connectivity index (χ2n) is 4.54. The van der Waals surface area contributed by atoms with Crippen molar-refractivity contribution in [1.82, 2.24) is 0 Å². The fourth-order valence-corrected chi connectivity index (χ4v) is 2.34. The Labute approximate surface area is 95.1 Å². The first kappa shape index (κ1) is 10.8. The largest absolute Gasteiger partial charge is 0.506 e. The molecule has 1 aliphatic carbocycles. The Morgan fingerprint density at radius 2 is 2.07 bits per heavy atom. The quantitative estimate of drug-likeness (QED) is 0.813. The van der Waals surface area contributed by atoms with Crippen LogP contribution in [0.1, 0.15) is 30.9 Å². The fraction of sp³-hybridized carbons (Fsp3) is 0.500. The number of rotatable bonds is 2. The van der Waals surface area contributed by atoms with E-state index < -0.39 is 0 Å². The number of hydrogen-bond acceptors (Lipinski definition) is 2. The summed E-state index contributed by atoms with van der Waals surface area (Å²) in [5.74, 6) is 0.214. The molecule has 2 nitrogen and oxygen atoms in total. The Morgan fingerprint density at radius 1 is 1.47 bits per heavy atom. The average Bonchev–Trinajstić information content (AvgIpc) is 2.95. The molecule has 0 aliphatic heterocycles. The highest BCUT2D eigenvalue weighted by atomic mass is 35.5. The number of phenolic OH excluding ortho intramolecular Hbond substituents is 1. The van der Waals surface area contributed by atoms with Gasteiger partial charge in [0.2, 0.25) is 0 Å². The van der Waals surface area contributed by atoms with Crippen molar-refractivity contribution in [3.63, 3.8) is 0 Å². The van der Waals surface area contributed by atoms with E-state index in [-0.39, 0.29) is 17.2 Å². The predicted octanol–water partition coefficient (Wildman–Crippen LogP) is 2.73. The lowest BCUT2D eigenvalue weighted by Crippen LogP contribution is -2.31. The van der Waals surface area contributed by atoms with Gasteiger partial charge in [0.25, 0.3) is 0 Å². The molecule has 0 radical (unpaired) electrons. The topological polar surface area (TPSA) is 46.2 Å². The molecule has 1 aromatic carbocycles. The van der Waals surface area contributed by atoms with Crippen molar-refractivity contribution in [1.29, 1.82) is 0 Å². The minimum absolute atomic E-state index is 0.0403. The highest BCUT2D eigenvalue weighted by molar-refractivity contribution is 6.32. The maximum absolute atomic E-state index is 10.0. The Morgan fingerprint density at radius 3 is 2.53 bits per heavy atom. The van der Waals surface area contributed by atoms with Gasteiger partial charge in [-0.15, -0.1) is 0 Å². The fourth-order valence-electron chi connectivity index (χ4n) is 2.17. The summed E-state index contributed by atoms with van der Waals surface area (Å²) >= 11 is 6.03. The Bertz CT molecular complexity index is 397. The minimum Gasteiger partial charge on any atom is -0.506 e. The predicted molar refractivity (Wildman–Crippen MR) is 62.4 cm³/mol. The molecule has 82 valence electrons. The van der Waals surface area contributed by atoms with Crippen LogP contribution >= 0.6 is 11.6 Å². The zero-order valence-corrected chi connectivity index (χ0v) is 9.80. The maximum atomic E-state index is 10.0. The maximum Gasteiger partial charge on any atom is 0.138 e. The van der Waals surface area contributed by atoms with Crippen LogP contribution in [0.25, 0.3) is 0 Å². The van der Waals surface area contributed by atoms with Gasteiger partial charge in [0.15, 0.2) is 0 Å². The Balaban J connectivity index is 2.51. The summed E-state index contributed by atoms with van der Waals surface area (Å²) in [7, 11) is 0. The minimum atomic E-state index is -0.0403. The van der Waals surface area contributed by atoms with Crippen LogP contribution < -0.4 is 5.73 Å². The van der Waals surface area contributed by atoms with E-state index in [0.29, 0.717) is 5.02 Å². The molecule has 3 heteroatoms. The van der Waals surface area contributed by atoms with Gasteiger partial charge in [0.05, 0.1) is 5.02 Å². The highest BCUT2D eigenvalue weighted by Crippen LogP contribution is 2.54. The van der Waals surface area contributed by atoms with Crippen LogP contribution in [0.5, 0.6) is 5.75 Å². The normalized spacial score (nSPS) is 20.0. The number of aromatic hydroxyl groups is 1. The number of nitrogens with two attached hydrogens (primary N) is 1. The zero-order valence-electron chi connectivity index (χ0n) is 9.05. The molecule has 0 aromatic heterocycles. The van der Waals surface area contributed by atoms with Crippen molar-refractivity contribution >= 4 is 11.6 Å². The van der Waals surface area contributed by atoms with Crippen LogP contribution in [0.4, 0.5) is 0 Å². The molecular formula is C12H16ClNO. The molecular weight excluding hydrogens is 210 g/mol. The summed E-state index contributed by atoms with van der Waals surface area (Å²) in [4.78, 5) is 0. The smallest absolute Gasteiger partial charge is 0.138 e. The number of phenols is 1. The van der Waals surface area contributed by atoms with Crippen LogP contribution in [0.15, 0.2) is 12.1 Å². The van der Waals surface area contributed by atoms with Gasteiger partial charge >= 0.3 is 0 Å². The summed E-state index contributed by atoms with van der Waals surface area (Å²) in [6, 6.07) is 3.95. The zero-order chi connectivity index (χ0) is 11.2. The molecule has 0 amide bonds. The van der Waals surface area contributed by atoms with E-state index in [1.54, 1.807) is 0 Å². The molecule has 15 heavy (non-hydrogen) atoms. The molecule has 1 saturated carbocycles. The van der Waals surface area contributed by atoms with E-state index in [0.717, 1.165) is 24.0 Å². The Hall–Kier alpha value is -0.730. The molecule has 2 rings (SSSR count). The van der Waals surface area contributed by atoms with Gasteiger partial charge in [-0.3, -0.25) is 0 Å². The van der Waals surface area contributed by atoms with Crippen molar-refractivity contribution in [2.45, 2.75) is 38.1 Å². The summed E-state index contributed by atoms with van der Waals surface area (Å²) in [6.45, 7) is 3.87. The molecule has 1 fully saturated rings. The molecule has 3 N–H and O–H groups in total. The molecule has 1 atom stereocenters. The third-order valence-corrected chi connectivity index (χ3v) is 3.98. The Kier molecular flexibility index (Phi) is 2.44. The first-order valence-electron chi connectivity index (χ1n) is 5.23.